The van der Waals surface area contributed by atoms with Crippen LogP contribution in [0.5, 0.6) is 0 Å². The molecule has 2 aromatic rings. The van der Waals surface area contributed by atoms with Gasteiger partial charge in [0, 0.05) is 12.1 Å². The van der Waals surface area contributed by atoms with Crippen molar-refractivity contribution in [3.8, 4) is 0 Å². The number of carbonyl (C=O) groups is 1. The molecule has 0 saturated heterocycles. The van der Waals surface area contributed by atoms with Crippen LogP contribution in [0.3, 0.4) is 0 Å². The molecule has 138 valence electrons. The van der Waals surface area contributed by atoms with E-state index in [1.165, 1.54) is 18.2 Å². The molecule has 0 heterocycles. The Morgan fingerprint density at radius 1 is 1.27 bits per heavy atom. The van der Waals surface area contributed by atoms with Crippen LogP contribution in [0.2, 0.25) is 5.02 Å². The molecule has 11 heteroatoms. The smallest absolute Gasteiger partial charge is 0.271 e. The fourth-order valence-electron chi connectivity index (χ4n) is 2.12. The number of benzene rings is 2. The number of halogens is 1. The van der Waals surface area contributed by atoms with E-state index in [0.29, 0.717) is 4.31 Å². The molecule has 0 bridgehead atoms. The van der Waals surface area contributed by atoms with Gasteiger partial charge in [-0.2, -0.15) is 0 Å². The lowest BCUT2D eigenvalue weighted by atomic mass is 10.2. The third-order valence-corrected chi connectivity index (χ3v) is 5.56. The third-order valence-electron chi connectivity index (χ3n) is 3.47. The van der Waals surface area contributed by atoms with Crippen molar-refractivity contribution in [1.29, 1.82) is 0 Å². The maximum atomic E-state index is 13.0. The Balaban J connectivity index is 2.64. The number of hydrogen-bond acceptors (Lipinski definition) is 6. The van der Waals surface area contributed by atoms with Crippen molar-refractivity contribution in [2.45, 2.75) is 11.8 Å². The Kier molecular flexibility index (Phi) is 5.80. The van der Waals surface area contributed by atoms with Crippen LogP contribution in [-0.2, 0) is 14.8 Å². The second kappa shape index (κ2) is 7.68. The second-order valence-electron chi connectivity index (χ2n) is 5.29. The van der Waals surface area contributed by atoms with E-state index >= 15 is 0 Å². The molecule has 0 atom stereocenters. The lowest BCUT2D eigenvalue weighted by Crippen LogP contribution is -2.43. The maximum Gasteiger partial charge on any atom is 0.271 e. The molecule has 0 fully saturated rings. The number of nitrogens with zero attached hydrogens (tertiary/aromatic N) is 2. The van der Waals surface area contributed by atoms with Crippen molar-refractivity contribution in [2.24, 2.45) is 5.84 Å². The first-order valence-electron chi connectivity index (χ1n) is 7.19. The summed E-state index contributed by atoms with van der Waals surface area (Å²) in [6.07, 6.45) is 0. The number of nitrogens with one attached hydrogen (secondary N) is 1. The molecule has 0 aliphatic carbocycles. The summed E-state index contributed by atoms with van der Waals surface area (Å²) in [7, 11) is -4.23. The van der Waals surface area contributed by atoms with Crippen LogP contribution >= 0.6 is 11.6 Å². The number of amides is 1. The Hall–Kier alpha value is -2.69. The molecule has 0 radical (unpaired) electrons. The zero-order chi connectivity index (χ0) is 19.5. The number of hydrazine groups is 1. The first kappa shape index (κ1) is 19.6. The number of non-ortho nitro benzene ring substituents is 1. The summed E-state index contributed by atoms with van der Waals surface area (Å²) >= 11 is 6.05. The van der Waals surface area contributed by atoms with E-state index in [1.807, 2.05) is 5.43 Å². The van der Waals surface area contributed by atoms with Crippen LogP contribution in [0.1, 0.15) is 5.56 Å². The van der Waals surface area contributed by atoms with E-state index in [0.717, 1.165) is 17.7 Å². The summed E-state index contributed by atoms with van der Waals surface area (Å²) < 4.78 is 26.7. The van der Waals surface area contributed by atoms with E-state index < -0.39 is 27.4 Å². The van der Waals surface area contributed by atoms with Gasteiger partial charge in [0.15, 0.2) is 0 Å². The largest absolute Gasteiger partial charge is 0.293 e. The van der Waals surface area contributed by atoms with Gasteiger partial charge >= 0.3 is 0 Å². The highest BCUT2D eigenvalue weighted by Gasteiger charge is 2.29. The van der Waals surface area contributed by atoms with Gasteiger partial charge in [0.05, 0.1) is 20.5 Å². The van der Waals surface area contributed by atoms with Gasteiger partial charge in [-0.25, -0.2) is 14.3 Å². The quantitative estimate of drug-likeness (QED) is 0.329. The monoisotopic (exact) mass is 398 g/mol. The number of rotatable bonds is 6. The molecule has 3 N–H and O–H groups in total. The predicted octanol–water partition coefficient (Wildman–Crippen LogP) is 1.74. The van der Waals surface area contributed by atoms with Gasteiger partial charge in [-0.1, -0.05) is 29.3 Å². The first-order valence-corrected chi connectivity index (χ1v) is 9.01. The number of aryl methyl sites for hydroxylation is 1. The van der Waals surface area contributed by atoms with Crippen LogP contribution in [0.4, 0.5) is 11.4 Å². The number of anilines is 1. The molecule has 0 aliphatic heterocycles. The molecule has 0 saturated carbocycles. The average molecular weight is 399 g/mol. The van der Waals surface area contributed by atoms with Crippen LogP contribution in [0, 0.1) is 17.0 Å². The number of sulfonamides is 1. The number of hydrogen-bond donors (Lipinski definition) is 2. The summed E-state index contributed by atoms with van der Waals surface area (Å²) in [6, 6.07) is 9.20. The van der Waals surface area contributed by atoms with Gasteiger partial charge in [-0.05, 0) is 25.1 Å². The molecule has 2 aromatic carbocycles. The Labute approximate surface area is 154 Å². The summed E-state index contributed by atoms with van der Waals surface area (Å²) in [4.78, 5) is 22.0. The molecule has 0 aromatic heterocycles. The van der Waals surface area contributed by atoms with E-state index in [-0.39, 0.29) is 21.3 Å². The van der Waals surface area contributed by atoms with Gasteiger partial charge in [0.2, 0.25) is 0 Å². The standard InChI is InChI=1S/C15H15ClN4O5S/c1-10-2-5-12(6-3-10)26(24,25)19(9-15(21)18-17)14-8-11(20(22)23)4-7-13(14)16/h2-8H,9,17H2,1H3,(H,18,21). The normalized spacial score (nSPS) is 11.0. The topological polar surface area (TPSA) is 136 Å². The Bertz CT molecular complexity index is 947. The fourth-order valence-corrected chi connectivity index (χ4v) is 3.82. The molecule has 0 aliphatic rings. The van der Waals surface area contributed by atoms with Crippen LogP contribution < -0.4 is 15.6 Å². The van der Waals surface area contributed by atoms with Crippen molar-refractivity contribution in [3.05, 3.63) is 63.2 Å². The van der Waals surface area contributed by atoms with Crippen molar-refractivity contribution < 1.29 is 18.1 Å². The number of carbonyl (C=O) groups excluding carboxylic acids is 1. The molecule has 9 nitrogen and oxygen atoms in total. The second-order valence-corrected chi connectivity index (χ2v) is 7.55. The molecule has 26 heavy (non-hydrogen) atoms. The Morgan fingerprint density at radius 3 is 2.42 bits per heavy atom. The van der Waals surface area contributed by atoms with Gasteiger partial charge in [0.25, 0.3) is 21.6 Å². The third kappa shape index (κ3) is 4.10. The van der Waals surface area contributed by atoms with E-state index in [9.17, 15) is 23.3 Å². The minimum absolute atomic E-state index is 0.0730. The highest BCUT2D eigenvalue weighted by Crippen LogP contribution is 2.33. The van der Waals surface area contributed by atoms with Crippen LogP contribution in [0.15, 0.2) is 47.4 Å². The molecule has 0 spiro atoms. The molecule has 1 amide bonds. The minimum Gasteiger partial charge on any atom is -0.293 e. The summed E-state index contributed by atoms with van der Waals surface area (Å²) in [6.45, 7) is 1.08. The van der Waals surface area contributed by atoms with Crippen molar-refractivity contribution in [3.63, 3.8) is 0 Å². The van der Waals surface area contributed by atoms with Crippen LogP contribution in [0.25, 0.3) is 0 Å². The van der Waals surface area contributed by atoms with Crippen molar-refractivity contribution >= 4 is 38.9 Å². The van der Waals surface area contributed by atoms with Gasteiger partial charge in [-0.3, -0.25) is 24.6 Å². The fraction of sp³-hybridized carbons (Fsp3) is 0.133. The van der Waals surface area contributed by atoms with E-state index in [4.69, 9.17) is 17.4 Å². The van der Waals surface area contributed by atoms with E-state index in [1.54, 1.807) is 19.1 Å². The van der Waals surface area contributed by atoms with Gasteiger partial charge in [0.1, 0.15) is 6.54 Å². The summed E-state index contributed by atoms with van der Waals surface area (Å²) in [5.41, 5.74) is 2.09. The van der Waals surface area contributed by atoms with Gasteiger partial charge < -0.3 is 0 Å². The zero-order valence-electron chi connectivity index (χ0n) is 13.5. The molecular weight excluding hydrogens is 384 g/mol. The minimum atomic E-state index is -4.23. The van der Waals surface area contributed by atoms with Crippen molar-refractivity contribution in [2.75, 3.05) is 10.8 Å². The predicted molar refractivity (Wildman–Crippen MR) is 96.1 cm³/mol. The zero-order valence-corrected chi connectivity index (χ0v) is 15.1. The van der Waals surface area contributed by atoms with Crippen LogP contribution in [-0.4, -0.2) is 25.8 Å². The lowest BCUT2D eigenvalue weighted by Gasteiger charge is -2.24. The number of nitro groups is 1. The van der Waals surface area contributed by atoms with E-state index in [2.05, 4.69) is 0 Å². The summed E-state index contributed by atoms with van der Waals surface area (Å²) in [5.74, 6) is 4.24. The molecular formula is C15H15ClN4O5S. The van der Waals surface area contributed by atoms with Gasteiger partial charge in [-0.15, -0.1) is 0 Å². The highest BCUT2D eigenvalue weighted by atomic mass is 35.5. The van der Waals surface area contributed by atoms with Crippen molar-refractivity contribution in [1.82, 2.24) is 5.43 Å². The maximum absolute atomic E-state index is 13.0. The number of nitro benzene ring substituents is 1. The highest BCUT2D eigenvalue weighted by molar-refractivity contribution is 7.92. The SMILES string of the molecule is Cc1ccc(S(=O)(=O)N(CC(=O)NN)c2cc([N+](=O)[O-])ccc2Cl)cc1. The summed E-state index contributed by atoms with van der Waals surface area (Å²) in [5, 5.41) is 10.9. The average Bonchev–Trinajstić information content (AvgIpc) is 2.60. The molecule has 0 unspecified atom stereocenters. The number of nitrogens with two attached hydrogens (primary N) is 1. The lowest BCUT2D eigenvalue weighted by molar-refractivity contribution is -0.384. The molecule has 2 rings (SSSR count). The Morgan fingerprint density at radius 2 is 1.88 bits per heavy atom. The first-order chi connectivity index (χ1) is 12.2.